The van der Waals surface area contributed by atoms with Crippen molar-refractivity contribution in [2.45, 2.75) is 50.2 Å². The largest absolute Gasteiger partial charge is 0.494 e. The minimum absolute atomic E-state index is 0.146. The van der Waals surface area contributed by atoms with Crippen molar-refractivity contribution < 1.29 is 17.7 Å². The van der Waals surface area contributed by atoms with Crippen molar-refractivity contribution in [3.05, 3.63) is 59.7 Å². The summed E-state index contributed by atoms with van der Waals surface area (Å²) < 4.78 is 39.4. The molecule has 0 aliphatic carbocycles. The monoisotopic (exact) mass is 412 g/mol. The van der Waals surface area contributed by atoms with Gasteiger partial charge in [-0.25, -0.2) is 13.1 Å². The fourth-order valence-corrected chi connectivity index (χ4v) is 3.97. The highest BCUT2D eigenvalue weighted by molar-refractivity contribution is 7.89. The Balaban J connectivity index is 1.57. The molecule has 6 nitrogen and oxygen atoms in total. The summed E-state index contributed by atoms with van der Waals surface area (Å²) in [5.74, 6) is 0. The Kier molecular flexibility index (Phi) is 5.88. The van der Waals surface area contributed by atoms with Crippen LogP contribution in [0.4, 0.5) is 0 Å². The van der Waals surface area contributed by atoms with E-state index in [0.29, 0.717) is 12.0 Å². The van der Waals surface area contributed by atoms with Crippen molar-refractivity contribution in [3.8, 4) is 6.07 Å². The van der Waals surface area contributed by atoms with Gasteiger partial charge in [-0.15, -0.1) is 0 Å². The zero-order valence-electron chi connectivity index (χ0n) is 17.1. The zero-order valence-corrected chi connectivity index (χ0v) is 17.9. The Bertz CT molecular complexity index is 994. The Morgan fingerprint density at radius 3 is 2.03 bits per heavy atom. The van der Waals surface area contributed by atoms with Crippen LogP contribution < -0.4 is 10.2 Å². The summed E-state index contributed by atoms with van der Waals surface area (Å²) in [5, 5.41) is 8.81. The molecular weight excluding hydrogens is 387 g/mol. The maximum atomic E-state index is 12.3. The predicted molar refractivity (Wildman–Crippen MR) is 112 cm³/mol. The Labute approximate surface area is 173 Å². The third-order valence-corrected chi connectivity index (χ3v) is 6.98. The van der Waals surface area contributed by atoms with E-state index in [4.69, 9.17) is 14.6 Å². The summed E-state index contributed by atoms with van der Waals surface area (Å²) in [6.07, 6.45) is 0.555. The first kappa shape index (κ1) is 21.5. The summed E-state index contributed by atoms with van der Waals surface area (Å²) in [6.45, 7) is 8.34. The molecule has 0 atom stereocenters. The van der Waals surface area contributed by atoms with Crippen LogP contribution in [0.3, 0.4) is 0 Å². The van der Waals surface area contributed by atoms with Crippen molar-refractivity contribution in [3.63, 3.8) is 0 Å². The second kappa shape index (κ2) is 7.92. The van der Waals surface area contributed by atoms with Crippen LogP contribution in [0.15, 0.2) is 53.4 Å². The zero-order chi connectivity index (χ0) is 21.3. The molecule has 1 aliphatic heterocycles. The van der Waals surface area contributed by atoms with E-state index >= 15 is 0 Å². The molecule has 3 rings (SSSR count). The van der Waals surface area contributed by atoms with E-state index in [1.807, 2.05) is 58.0 Å². The van der Waals surface area contributed by atoms with E-state index in [1.54, 1.807) is 0 Å². The number of nitrogens with zero attached hydrogens (tertiary/aromatic N) is 1. The van der Waals surface area contributed by atoms with Gasteiger partial charge in [-0.1, -0.05) is 24.3 Å². The Morgan fingerprint density at radius 1 is 0.966 bits per heavy atom. The van der Waals surface area contributed by atoms with Crippen LogP contribution in [0.2, 0.25) is 0 Å². The Hall–Kier alpha value is -2.18. The third kappa shape index (κ3) is 4.70. The summed E-state index contributed by atoms with van der Waals surface area (Å²) in [5.41, 5.74) is 1.59. The van der Waals surface area contributed by atoms with E-state index < -0.39 is 17.1 Å². The van der Waals surface area contributed by atoms with Gasteiger partial charge in [0.25, 0.3) is 0 Å². The second-order valence-corrected chi connectivity index (χ2v) is 9.88. The third-order valence-electron chi connectivity index (χ3n) is 5.50. The predicted octanol–water partition coefficient (Wildman–Crippen LogP) is 2.38. The van der Waals surface area contributed by atoms with Crippen LogP contribution in [-0.2, 0) is 25.8 Å². The maximum Gasteiger partial charge on any atom is 0.494 e. The van der Waals surface area contributed by atoms with Gasteiger partial charge in [-0.05, 0) is 69.4 Å². The molecule has 1 aliphatic rings. The van der Waals surface area contributed by atoms with Crippen LogP contribution in [0.25, 0.3) is 0 Å². The highest BCUT2D eigenvalue weighted by atomic mass is 32.2. The lowest BCUT2D eigenvalue weighted by Gasteiger charge is -2.32. The molecule has 1 fully saturated rings. The van der Waals surface area contributed by atoms with E-state index in [0.717, 1.165) is 11.0 Å². The molecule has 0 radical (unpaired) electrons. The normalized spacial score (nSPS) is 17.8. The van der Waals surface area contributed by atoms with Crippen molar-refractivity contribution in [2.75, 3.05) is 6.54 Å². The SMILES string of the molecule is CC1(C)OB(c2ccc(CCNS(=O)(=O)c3ccc(C#N)cc3)cc2)OC1(C)C. The fraction of sp³-hybridized carbons (Fsp3) is 0.381. The average Bonchev–Trinajstić information content (AvgIpc) is 2.89. The van der Waals surface area contributed by atoms with Gasteiger partial charge in [-0.3, -0.25) is 0 Å². The van der Waals surface area contributed by atoms with Crippen LogP contribution in [-0.4, -0.2) is 33.3 Å². The highest BCUT2D eigenvalue weighted by Crippen LogP contribution is 2.36. The topological polar surface area (TPSA) is 88.4 Å². The van der Waals surface area contributed by atoms with E-state index in [1.165, 1.54) is 24.3 Å². The van der Waals surface area contributed by atoms with Crippen LogP contribution in [0, 0.1) is 11.3 Å². The summed E-state index contributed by atoms with van der Waals surface area (Å²) in [6, 6.07) is 15.6. The van der Waals surface area contributed by atoms with Crippen molar-refractivity contribution in [2.24, 2.45) is 0 Å². The molecule has 152 valence electrons. The van der Waals surface area contributed by atoms with Crippen LogP contribution in [0.1, 0.15) is 38.8 Å². The number of hydrogen-bond acceptors (Lipinski definition) is 5. The molecule has 0 saturated carbocycles. The van der Waals surface area contributed by atoms with E-state index in [2.05, 4.69) is 4.72 Å². The highest BCUT2D eigenvalue weighted by Gasteiger charge is 2.51. The standard InChI is InChI=1S/C21H25BN2O4S/c1-20(2)21(3,4)28-22(27-20)18-9-5-16(6-10-18)13-14-24-29(25,26)19-11-7-17(15-23)8-12-19/h5-12,24H,13-14H2,1-4H3. The number of benzene rings is 2. The minimum Gasteiger partial charge on any atom is -0.399 e. The molecule has 0 unspecified atom stereocenters. The van der Waals surface area contributed by atoms with Gasteiger partial charge in [0.05, 0.1) is 27.7 Å². The van der Waals surface area contributed by atoms with E-state index in [-0.39, 0.29) is 22.6 Å². The number of nitriles is 1. The quantitative estimate of drug-likeness (QED) is 0.736. The van der Waals surface area contributed by atoms with Gasteiger partial charge < -0.3 is 9.31 Å². The lowest BCUT2D eigenvalue weighted by molar-refractivity contribution is 0.00578. The number of nitrogens with one attached hydrogen (secondary N) is 1. The van der Waals surface area contributed by atoms with Gasteiger partial charge in [0.2, 0.25) is 10.0 Å². The van der Waals surface area contributed by atoms with Gasteiger partial charge in [-0.2, -0.15) is 5.26 Å². The number of hydrogen-bond donors (Lipinski definition) is 1. The average molecular weight is 412 g/mol. The lowest BCUT2D eigenvalue weighted by Crippen LogP contribution is -2.41. The number of sulfonamides is 1. The summed E-state index contributed by atoms with van der Waals surface area (Å²) >= 11 is 0. The molecule has 0 amide bonds. The first-order valence-electron chi connectivity index (χ1n) is 9.48. The molecule has 0 bridgehead atoms. The van der Waals surface area contributed by atoms with Crippen molar-refractivity contribution in [1.29, 1.82) is 5.26 Å². The second-order valence-electron chi connectivity index (χ2n) is 8.11. The molecule has 0 spiro atoms. The molecule has 29 heavy (non-hydrogen) atoms. The smallest absolute Gasteiger partial charge is 0.399 e. The molecule has 8 heteroatoms. The summed E-state index contributed by atoms with van der Waals surface area (Å²) in [4.78, 5) is 0.146. The van der Waals surface area contributed by atoms with Gasteiger partial charge in [0.15, 0.2) is 0 Å². The maximum absolute atomic E-state index is 12.3. The van der Waals surface area contributed by atoms with Gasteiger partial charge in [0, 0.05) is 6.54 Å². The van der Waals surface area contributed by atoms with Crippen LogP contribution >= 0.6 is 0 Å². The minimum atomic E-state index is -3.60. The molecular formula is C21H25BN2O4S. The first-order chi connectivity index (χ1) is 13.5. The van der Waals surface area contributed by atoms with Crippen molar-refractivity contribution in [1.82, 2.24) is 4.72 Å². The Morgan fingerprint density at radius 2 is 1.52 bits per heavy atom. The summed E-state index contributed by atoms with van der Waals surface area (Å²) in [7, 11) is -4.02. The van der Waals surface area contributed by atoms with Crippen molar-refractivity contribution >= 4 is 22.6 Å². The first-order valence-corrected chi connectivity index (χ1v) is 11.0. The molecule has 0 aromatic heterocycles. The molecule has 1 heterocycles. The van der Waals surface area contributed by atoms with Crippen LogP contribution in [0.5, 0.6) is 0 Å². The molecule has 2 aromatic rings. The lowest BCUT2D eigenvalue weighted by atomic mass is 9.79. The van der Waals surface area contributed by atoms with Gasteiger partial charge >= 0.3 is 7.12 Å². The molecule has 1 N–H and O–H groups in total. The molecule has 1 saturated heterocycles. The fourth-order valence-electron chi connectivity index (χ4n) is 2.94. The molecule has 2 aromatic carbocycles. The van der Waals surface area contributed by atoms with E-state index in [9.17, 15) is 8.42 Å². The van der Waals surface area contributed by atoms with Gasteiger partial charge in [0.1, 0.15) is 0 Å². The number of rotatable bonds is 6.